The Morgan fingerprint density at radius 1 is 1.05 bits per heavy atom. The standard InChI is InChI=1S/C16H23N5/c1-14-3-5-16(6-4-14)21-10-9-20(15(2)11-21)8-7-19-12-17-18-13-19/h3-6,12-13,15H,7-11H2,1-2H3/t15-/m1/s1. The lowest BCUT2D eigenvalue weighted by Gasteiger charge is -2.41. The number of anilines is 1. The van der Waals surface area contributed by atoms with Crippen LogP contribution in [0.4, 0.5) is 5.69 Å². The molecule has 2 heterocycles. The Bertz CT molecular complexity index is 549. The number of piperazine rings is 1. The van der Waals surface area contributed by atoms with Gasteiger partial charge in [-0.2, -0.15) is 0 Å². The fraction of sp³-hybridized carbons (Fsp3) is 0.500. The molecular formula is C16H23N5. The van der Waals surface area contributed by atoms with E-state index in [4.69, 9.17) is 0 Å². The van der Waals surface area contributed by atoms with Gasteiger partial charge in [-0.15, -0.1) is 10.2 Å². The third-order valence-corrected chi connectivity index (χ3v) is 4.28. The third kappa shape index (κ3) is 3.42. The molecule has 0 aliphatic carbocycles. The maximum atomic E-state index is 3.85. The smallest absolute Gasteiger partial charge is 0.119 e. The number of benzene rings is 1. The maximum Gasteiger partial charge on any atom is 0.119 e. The molecule has 0 unspecified atom stereocenters. The number of aryl methyl sites for hydroxylation is 1. The van der Waals surface area contributed by atoms with Crippen molar-refractivity contribution in [2.75, 3.05) is 31.1 Å². The fourth-order valence-electron chi connectivity index (χ4n) is 2.90. The molecule has 0 saturated carbocycles. The molecule has 5 nitrogen and oxygen atoms in total. The maximum absolute atomic E-state index is 3.85. The normalized spacial score (nSPS) is 19.9. The zero-order chi connectivity index (χ0) is 14.7. The van der Waals surface area contributed by atoms with Gasteiger partial charge in [0.05, 0.1) is 0 Å². The third-order valence-electron chi connectivity index (χ3n) is 4.28. The first-order valence-electron chi connectivity index (χ1n) is 7.60. The van der Waals surface area contributed by atoms with Crippen LogP contribution < -0.4 is 4.90 Å². The van der Waals surface area contributed by atoms with E-state index in [9.17, 15) is 0 Å². The summed E-state index contributed by atoms with van der Waals surface area (Å²) in [5.41, 5.74) is 2.66. The monoisotopic (exact) mass is 285 g/mol. The van der Waals surface area contributed by atoms with Gasteiger partial charge in [-0.05, 0) is 26.0 Å². The fourth-order valence-corrected chi connectivity index (χ4v) is 2.90. The van der Waals surface area contributed by atoms with E-state index < -0.39 is 0 Å². The van der Waals surface area contributed by atoms with Crippen molar-refractivity contribution in [1.29, 1.82) is 0 Å². The Morgan fingerprint density at radius 2 is 1.76 bits per heavy atom. The van der Waals surface area contributed by atoms with E-state index in [2.05, 4.69) is 58.1 Å². The van der Waals surface area contributed by atoms with Crippen LogP contribution in [0.15, 0.2) is 36.9 Å². The van der Waals surface area contributed by atoms with Crippen molar-refractivity contribution >= 4 is 5.69 Å². The Morgan fingerprint density at radius 3 is 2.43 bits per heavy atom. The van der Waals surface area contributed by atoms with Gasteiger partial charge in [-0.25, -0.2) is 0 Å². The summed E-state index contributed by atoms with van der Waals surface area (Å²) in [6, 6.07) is 9.41. The second kappa shape index (κ2) is 6.26. The highest BCUT2D eigenvalue weighted by Crippen LogP contribution is 2.19. The second-order valence-corrected chi connectivity index (χ2v) is 5.87. The summed E-state index contributed by atoms with van der Waals surface area (Å²) in [6.07, 6.45) is 3.57. The summed E-state index contributed by atoms with van der Waals surface area (Å²) < 4.78 is 2.04. The summed E-state index contributed by atoms with van der Waals surface area (Å²) in [4.78, 5) is 5.03. The summed E-state index contributed by atoms with van der Waals surface area (Å²) in [5.74, 6) is 0. The SMILES string of the molecule is Cc1ccc(N2CCN(CCn3cnnc3)[C@H](C)C2)cc1. The lowest BCUT2D eigenvalue weighted by Crippen LogP contribution is -2.52. The average Bonchev–Trinajstić information content (AvgIpc) is 3.00. The lowest BCUT2D eigenvalue weighted by atomic mass is 10.1. The van der Waals surface area contributed by atoms with Gasteiger partial charge >= 0.3 is 0 Å². The van der Waals surface area contributed by atoms with E-state index in [1.54, 1.807) is 12.7 Å². The molecule has 1 saturated heterocycles. The van der Waals surface area contributed by atoms with Gasteiger partial charge < -0.3 is 9.47 Å². The molecule has 0 amide bonds. The lowest BCUT2D eigenvalue weighted by molar-refractivity contribution is 0.182. The Balaban J connectivity index is 1.55. The summed E-state index contributed by atoms with van der Waals surface area (Å²) >= 11 is 0. The molecule has 21 heavy (non-hydrogen) atoms. The molecule has 3 rings (SSSR count). The zero-order valence-electron chi connectivity index (χ0n) is 12.8. The van der Waals surface area contributed by atoms with Crippen LogP contribution in [0.2, 0.25) is 0 Å². The second-order valence-electron chi connectivity index (χ2n) is 5.87. The van der Waals surface area contributed by atoms with Gasteiger partial charge in [0.25, 0.3) is 0 Å². The Kier molecular flexibility index (Phi) is 4.20. The predicted molar refractivity (Wildman–Crippen MR) is 84.4 cm³/mol. The van der Waals surface area contributed by atoms with Crippen LogP contribution >= 0.6 is 0 Å². The minimum absolute atomic E-state index is 0.566. The van der Waals surface area contributed by atoms with Gasteiger partial charge in [-0.1, -0.05) is 17.7 Å². The summed E-state index contributed by atoms with van der Waals surface area (Å²) in [6.45, 7) is 9.75. The van der Waals surface area contributed by atoms with Gasteiger partial charge in [0.15, 0.2) is 0 Å². The van der Waals surface area contributed by atoms with Crippen molar-refractivity contribution < 1.29 is 0 Å². The van der Waals surface area contributed by atoms with Crippen LogP contribution in [-0.4, -0.2) is 51.9 Å². The van der Waals surface area contributed by atoms with Crippen LogP contribution in [-0.2, 0) is 6.54 Å². The number of aromatic nitrogens is 3. The molecule has 1 aliphatic heterocycles. The summed E-state index contributed by atoms with van der Waals surface area (Å²) in [7, 11) is 0. The van der Waals surface area contributed by atoms with E-state index in [0.717, 1.165) is 32.7 Å². The van der Waals surface area contributed by atoms with Crippen LogP contribution in [0.3, 0.4) is 0 Å². The van der Waals surface area contributed by atoms with E-state index in [-0.39, 0.29) is 0 Å². The highest BCUT2D eigenvalue weighted by atomic mass is 15.3. The van der Waals surface area contributed by atoms with E-state index in [1.165, 1.54) is 11.3 Å². The van der Waals surface area contributed by atoms with Crippen LogP contribution in [0.5, 0.6) is 0 Å². The highest BCUT2D eigenvalue weighted by molar-refractivity contribution is 5.48. The quantitative estimate of drug-likeness (QED) is 0.858. The topological polar surface area (TPSA) is 37.2 Å². The average molecular weight is 285 g/mol. The van der Waals surface area contributed by atoms with Crippen LogP contribution in [0.25, 0.3) is 0 Å². The van der Waals surface area contributed by atoms with Crippen LogP contribution in [0, 0.1) is 6.92 Å². The van der Waals surface area contributed by atoms with Crippen molar-refractivity contribution in [2.24, 2.45) is 0 Å². The van der Waals surface area contributed by atoms with Gasteiger partial charge in [-0.3, -0.25) is 4.90 Å². The molecule has 0 spiro atoms. The minimum Gasteiger partial charge on any atom is -0.369 e. The first-order valence-corrected chi connectivity index (χ1v) is 7.60. The van der Waals surface area contributed by atoms with Crippen molar-refractivity contribution in [3.05, 3.63) is 42.5 Å². The molecule has 1 aliphatic rings. The number of hydrogen-bond donors (Lipinski definition) is 0. The first-order chi connectivity index (χ1) is 10.2. The number of hydrogen-bond acceptors (Lipinski definition) is 4. The first kappa shape index (κ1) is 14.1. The molecule has 1 aromatic carbocycles. The summed E-state index contributed by atoms with van der Waals surface area (Å²) in [5, 5.41) is 7.70. The molecule has 112 valence electrons. The molecular weight excluding hydrogens is 262 g/mol. The predicted octanol–water partition coefficient (Wildman–Crippen LogP) is 1.80. The van der Waals surface area contributed by atoms with Crippen molar-refractivity contribution in [3.63, 3.8) is 0 Å². The molecule has 1 fully saturated rings. The van der Waals surface area contributed by atoms with Gasteiger partial charge in [0.1, 0.15) is 12.7 Å². The number of nitrogens with zero attached hydrogens (tertiary/aromatic N) is 5. The largest absolute Gasteiger partial charge is 0.369 e. The van der Waals surface area contributed by atoms with Crippen molar-refractivity contribution in [2.45, 2.75) is 26.4 Å². The van der Waals surface area contributed by atoms with Crippen molar-refractivity contribution in [3.8, 4) is 0 Å². The number of rotatable bonds is 4. The van der Waals surface area contributed by atoms with E-state index >= 15 is 0 Å². The molecule has 2 aromatic rings. The molecule has 1 atom stereocenters. The van der Waals surface area contributed by atoms with E-state index in [1.807, 2.05) is 4.57 Å². The molecule has 0 radical (unpaired) electrons. The minimum atomic E-state index is 0.566. The highest BCUT2D eigenvalue weighted by Gasteiger charge is 2.23. The van der Waals surface area contributed by atoms with E-state index in [0.29, 0.717) is 6.04 Å². The molecule has 5 heteroatoms. The van der Waals surface area contributed by atoms with Gasteiger partial charge in [0, 0.05) is 44.5 Å². The Hall–Kier alpha value is -1.88. The van der Waals surface area contributed by atoms with Gasteiger partial charge in [0.2, 0.25) is 0 Å². The zero-order valence-corrected chi connectivity index (χ0v) is 12.8. The molecule has 0 bridgehead atoms. The van der Waals surface area contributed by atoms with Crippen molar-refractivity contribution in [1.82, 2.24) is 19.7 Å². The van der Waals surface area contributed by atoms with Crippen LogP contribution in [0.1, 0.15) is 12.5 Å². The Labute approximate surface area is 126 Å². The molecule has 0 N–H and O–H groups in total. The molecule has 1 aromatic heterocycles.